The summed E-state index contributed by atoms with van der Waals surface area (Å²) >= 11 is 0. The van der Waals surface area contributed by atoms with Gasteiger partial charge in [-0.3, -0.25) is 0 Å². The van der Waals surface area contributed by atoms with Crippen LogP contribution in [0.15, 0.2) is 24.3 Å². The molecule has 0 spiro atoms. The highest BCUT2D eigenvalue weighted by atomic mass is 16.5. The Hall–Kier alpha value is -2.63. The van der Waals surface area contributed by atoms with Gasteiger partial charge in [-0.2, -0.15) is 0 Å². The van der Waals surface area contributed by atoms with E-state index < -0.39 is 17.9 Å². The van der Waals surface area contributed by atoms with E-state index in [1.54, 1.807) is 0 Å². The lowest BCUT2D eigenvalue weighted by Gasteiger charge is -2.11. The van der Waals surface area contributed by atoms with Gasteiger partial charge in [0, 0.05) is 6.08 Å². The van der Waals surface area contributed by atoms with Crippen molar-refractivity contribution < 1.29 is 29.0 Å². The molecular formula is C15H14O6. The van der Waals surface area contributed by atoms with Crippen LogP contribution in [0.25, 0.3) is 6.08 Å². The van der Waals surface area contributed by atoms with Gasteiger partial charge in [-0.25, -0.2) is 14.4 Å². The summed E-state index contributed by atoms with van der Waals surface area (Å²) < 4.78 is 10.2. The summed E-state index contributed by atoms with van der Waals surface area (Å²) in [4.78, 5) is 34.4. The zero-order valence-corrected chi connectivity index (χ0v) is 11.2. The summed E-state index contributed by atoms with van der Waals surface area (Å²) in [5, 5.41) is 8.68. The molecule has 1 aromatic rings. The number of fused-ring (bicyclic) bond motifs is 9. The first-order chi connectivity index (χ1) is 10.1. The molecule has 2 aliphatic rings. The van der Waals surface area contributed by atoms with Crippen molar-refractivity contribution in [2.75, 3.05) is 13.2 Å². The molecule has 0 unspecified atom stereocenters. The second-order valence-electron chi connectivity index (χ2n) is 4.45. The number of hydrogen-bond donors (Lipinski definition) is 1. The van der Waals surface area contributed by atoms with Crippen LogP contribution < -0.4 is 0 Å². The van der Waals surface area contributed by atoms with Crippen molar-refractivity contribution in [3.8, 4) is 0 Å². The van der Waals surface area contributed by atoms with Crippen molar-refractivity contribution >= 4 is 24.0 Å². The van der Waals surface area contributed by atoms with Gasteiger partial charge >= 0.3 is 17.9 Å². The van der Waals surface area contributed by atoms with Gasteiger partial charge in [0.05, 0.1) is 24.3 Å². The van der Waals surface area contributed by atoms with E-state index in [0.717, 1.165) is 6.08 Å². The molecule has 0 saturated heterocycles. The molecule has 0 amide bonds. The molecular weight excluding hydrogens is 276 g/mol. The van der Waals surface area contributed by atoms with Crippen LogP contribution in [0.5, 0.6) is 0 Å². The van der Waals surface area contributed by atoms with Crippen molar-refractivity contribution in [1.29, 1.82) is 0 Å². The molecule has 2 heterocycles. The smallest absolute Gasteiger partial charge is 0.338 e. The minimum Gasteiger partial charge on any atom is -0.478 e. The third-order valence-corrected chi connectivity index (χ3v) is 2.92. The van der Waals surface area contributed by atoms with Crippen LogP contribution >= 0.6 is 0 Å². The molecule has 0 fully saturated rings. The summed E-state index contributed by atoms with van der Waals surface area (Å²) in [6.45, 7) is 0.471. The van der Waals surface area contributed by atoms with Crippen molar-refractivity contribution in [2.24, 2.45) is 0 Å². The zero-order chi connectivity index (χ0) is 15.2. The highest BCUT2D eigenvalue weighted by Crippen LogP contribution is 2.17. The molecule has 2 aliphatic heterocycles. The third-order valence-electron chi connectivity index (χ3n) is 2.92. The van der Waals surface area contributed by atoms with E-state index in [1.807, 2.05) is 0 Å². The standard InChI is InChI=1S/C15H14O6/c16-13(17)6-4-10-9-11-3-5-12(10)15(19)21-8-2-1-7-20-14(11)18/h3-6,9H,1-2,7-8H2,(H,16,17). The fraction of sp³-hybridized carbons (Fsp3) is 0.267. The summed E-state index contributed by atoms with van der Waals surface area (Å²) in [6.07, 6.45) is 3.35. The summed E-state index contributed by atoms with van der Waals surface area (Å²) in [7, 11) is 0. The number of ether oxygens (including phenoxy) is 2. The van der Waals surface area contributed by atoms with Crippen LogP contribution in [0.1, 0.15) is 39.1 Å². The Morgan fingerprint density at radius 1 is 1.10 bits per heavy atom. The van der Waals surface area contributed by atoms with E-state index in [0.29, 0.717) is 18.4 Å². The molecule has 0 radical (unpaired) electrons. The molecule has 110 valence electrons. The molecule has 0 aliphatic carbocycles. The number of carbonyl (C=O) groups is 3. The van der Waals surface area contributed by atoms with Gasteiger partial charge < -0.3 is 14.6 Å². The first-order valence-electron chi connectivity index (χ1n) is 6.47. The number of esters is 2. The van der Waals surface area contributed by atoms with Crippen molar-refractivity contribution in [2.45, 2.75) is 12.8 Å². The quantitative estimate of drug-likeness (QED) is 0.660. The Bertz CT molecular complexity index is 602. The molecule has 0 saturated carbocycles. The predicted octanol–water partition coefficient (Wildman–Crippen LogP) is 1.89. The fourth-order valence-corrected chi connectivity index (χ4v) is 1.87. The molecule has 21 heavy (non-hydrogen) atoms. The van der Waals surface area contributed by atoms with Gasteiger partial charge in [0.1, 0.15) is 0 Å². The molecule has 0 atom stereocenters. The highest BCUT2D eigenvalue weighted by molar-refractivity contribution is 5.98. The number of rotatable bonds is 2. The Kier molecular flexibility index (Phi) is 4.71. The lowest BCUT2D eigenvalue weighted by molar-refractivity contribution is -0.131. The van der Waals surface area contributed by atoms with Gasteiger partial charge in [0.15, 0.2) is 0 Å². The van der Waals surface area contributed by atoms with E-state index >= 15 is 0 Å². The predicted molar refractivity (Wildman–Crippen MR) is 72.9 cm³/mol. The largest absolute Gasteiger partial charge is 0.478 e. The Morgan fingerprint density at radius 3 is 2.43 bits per heavy atom. The molecule has 6 nitrogen and oxygen atoms in total. The Labute approximate surface area is 121 Å². The van der Waals surface area contributed by atoms with Gasteiger partial charge in [-0.15, -0.1) is 0 Å². The van der Waals surface area contributed by atoms with Crippen LogP contribution in [-0.4, -0.2) is 36.2 Å². The molecule has 6 heteroatoms. The molecule has 1 N–H and O–H groups in total. The first kappa shape index (κ1) is 14.8. The van der Waals surface area contributed by atoms with Gasteiger partial charge in [-0.05, 0) is 42.7 Å². The van der Waals surface area contributed by atoms with Gasteiger partial charge in [-0.1, -0.05) is 0 Å². The molecule has 0 aromatic heterocycles. The fourth-order valence-electron chi connectivity index (χ4n) is 1.87. The Morgan fingerprint density at radius 2 is 1.76 bits per heavy atom. The number of hydrogen-bond acceptors (Lipinski definition) is 5. The van der Waals surface area contributed by atoms with Crippen LogP contribution in [0, 0.1) is 0 Å². The maximum Gasteiger partial charge on any atom is 0.338 e. The SMILES string of the molecule is O=C(O)C=Cc1cc2ccc1C(=O)OCCCCOC2=O. The van der Waals surface area contributed by atoms with Crippen LogP contribution in [0.2, 0.25) is 0 Å². The summed E-state index contributed by atoms with van der Waals surface area (Å²) in [5.41, 5.74) is 0.777. The summed E-state index contributed by atoms with van der Waals surface area (Å²) in [5.74, 6) is -2.19. The average molecular weight is 290 g/mol. The molecule has 3 rings (SSSR count). The topological polar surface area (TPSA) is 89.9 Å². The minimum atomic E-state index is -1.15. The monoisotopic (exact) mass is 290 g/mol. The van der Waals surface area contributed by atoms with E-state index in [9.17, 15) is 14.4 Å². The van der Waals surface area contributed by atoms with Crippen molar-refractivity contribution in [1.82, 2.24) is 0 Å². The van der Waals surface area contributed by atoms with E-state index in [-0.39, 0.29) is 24.3 Å². The van der Waals surface area contributed by atoms with Crippen molar-refractivity contribution in [3.05, 3.63) is 41.0 Å². The summed E-state index contributed by atoms with van der Waals surface area (Å²) in [6, 6.07) is 4.31. The normalized spacial score (nSPS) is 16.0. The third kappa shape index (κ3) is 3.92. The minimum absolute atomic E-state index is 0.213. The lowest BCUT2D eigenvalue weighted by atomic mass is 10.0. The van der Waals surface area contributed by atoms with E-state index in [1.165, 1.54) is 24.3 Å². The van der Waals surface area contributed by atoms with Crippen molar-refractivity contribution in [3.63, 3.8) is 0 Å². The number of carbonyl (C=O) groups excluding carboxylic acids is 2. The van der Waals surface area contributed by atoms with Gasteiger partial charge in [0.25, 0.3) is 0 Å². The maximum absolute atomic E-state index is 12.0. The number of carboxylic acid groups (broad SMARTS) is 1. The first-order valence-corrected chi connectivity index (χ1v) is 6.47. The molecule has 1 aromatic carbocycles. The maximum atomic E-state index is 12.0. The van der Waals surface area contributed by atoms with Gasteiger partial charge in [0.2, 0.25) is 0 Å². The number of aliphatic carboxylic acids is 1. The van der Waals surface area contributed by atoms with E-state index in [4.69, 9.17) is 14.6 Å². The Balaban J connectivity index is 2.44. The van der Waals surface area contributed by atoms with Crippen LogP contribution in [-0.2, 0) is 14.3 Å². The highest BCUT2D eigenvalue weighted by Gasteiger charge is 2.16. The zero-order valence-electron chi connectivity index (χ0n) is 11.2. The van der Waals surface area contributed by atoms with E-state index in [2.05, 4.69) is 0 Å². The number of carboxylic acids is 1. The lowest BCUT2D eigenvalue weighted by Crippen LogP contribution is -2.13. The average Bonchev–Trinajstić information content (AvgIpc) is 2.46. The second-order valence-corrected chi connectivity index (χ2v) is 4.45. The number of benzene rings is 1. The molecule has 2 bridgehead atoms. The van der Waals surface area contributed by atoms with Crippen LogP contribution in [0.3, 0.4) is 0 Å². The second kappa shape index (κ2) is 6.69. The van der Waals surface area contributed by atoms with Crippen LogP contribution in [0.4, 0.5) is 0 Å².